The van der Waals surface area contributed by atoms with Gasteiger partial charge in [0, 0.05) is 24.1 Å². The molecule has 1 aliphatic heterocycles. The van der Waals surface area contributed by atoms with Gasteiger partial charge in [-0.15, -0.1) is 0 Å². The minimum atomic E-state index is -0.335. The molecule has 1 unspecified atom stereocenters. The van der Waals surface area contributed by atoms with Gasteiger partial charge in [-0.2, -0.15) is 0 Å². The molecule has 1 aromatic heterocycles. The molecule has 1 saturated heterocycles. The van der Waals surface area contributed by atoms with Crippen LogP contribution in [0.15, 0.2) is 33.5 Å². The first-order chi connectivity index (χ1) is 11.5. The lowest BCUT2D eigenvalue weighted by Gasteiger charge is -2.33. The van der Waals surface area contributed by atoms with Crippen molar-refractivity contribution < 1.29 is 14.3 Å². The molecule has 5 heteroatoms. The molecule has 1 fully saturated rings. The first-order valence-corrected chi connectivity index (χ1v) is 8.60. The predicted molar refractivity (Wildman–Crippen MR) is 93.6 cm³/mol. The summed E-state index contributed by atoms with van der Waals surface area (Å²) in [6, 6.07) is 7.12. The number of hydrogen-bond donors (Lipinski definition) is 1. The van der Waals surface area contributed by atoms with Crippen molar-refractivity contribution >= 4 is 11.0 Å². The summed E-state index contributed by atoms with van der Waals surface area (Å²) in [5, 5.41) is 10.6. The second-order valence-corrected chi connectivity index (χ2v) is 6.67. The lowest BCUT2D eigenvalue weighted by molar-refractivity contribution is 0.0672. The van der Waals surface area contributed by atoms with Gasteiger partial charge in [0.05, 0.1) is 6.10 Å². The minimum absolute atomic E-state index is 0.209. The second kappa shape index (κ2) is 7.36. The van der Waals surface area contributed by atoms with E-state index >= 15 is 0 Å². The molecular formula is C19H25NO4. The van der Waals surface area contributed by atoms with Crippen molar-refractivity contribution in [2.75, 3.05) is 26.2 Å². The van der Waals surface area contributed by atoms with E-state index in [-0.39, 0.29) is 11.7 Å². The first-order valence-electron chi connectivity index (χ1n) is 8.60. The Labute approximate surface area is 141 Å². The standard InChI is InChI=1S/C19H25NO4/c1-13-11-19(22)24-18-12-16(3-4-17(13)18)23-10-9-20-7-5-15(6-8-20)14(2)21/h3-4,11-12,14-15,21H,5-10H2,1-2H3. The van der Waals surface area contributed by atoms with Crippen molar-refractivity contribution in [3.8, 4) is 5.75 Å². The van der Waals surface area contributed by atoms with Crippen LogP contribution in [0, 0.1) is 12.8 Å². The molecule has 5 nitrogen and oxygen atoms in total. The van der Waals surface area contributed by atoms with Gasteiger partial charge in [-0.05, 0) is 63.4 Å². The zero-order valence-corrected chi connectivity index (χ0v) is 14.3. The fraction of sp³-hybridized carbons (Fsp3) is 0.526. The van der Waals surface area contributed by atoms with Crippen molar-refractivity contribution in [2.45, 2.75) is 32.8 Å². The van der Waals surface area contributed by atoms with Crippen molar-refractivity contribution in [2.24, 2.45) is 5.92 Å². The summed E-state index contributed by atoms with van der Waals surface area (Å²) < 4.78 is 11.1. The average Bonchev–Trinajstić information content (AvgIpc) is 2.55. The normalized spacial score (nSPS) is 18.0. The molecule has 2 aromatic rings. The Hall–Kier alpha value is -1.85. The van der Waals surface area contributed by atoms with Crippen molar-refractivity contribution in [1.82, 2.24) is 4.90 Å². The molecule has 0 spiro atoms. The van der Waals surface area contributed by atoms with E-state index in [1.807, 2.05) is 26.0 Å². The highest BCUT2D eigenvalue weighted by molar-refractivity contribution is 5.81. The number of likely N-dealkylation sites (tertiary alicyclic amines) is 1. The van der Waals surface area contributed by atoms with Crippen LogP contribution < -0.4 is 10.4 Å². The molecule has 0 radical (unpaired) electrons. The lowest BCUT2D eigenvalue weighted by atomic mass is 9.92. The summed E-state index contributed by atoms with van der Waals surface area (Å²) in [4.78, 5) is 13.8. The fourth-order valence-corrected chi connectivity index (χ4v) is 3.35. The number of rotatable bonds is 5. The maximum absolute atomic E-state index is 11.5. The highest BCUT2D eigenvalue weighted by Gasteiger charge is 2.22. The van der Waals surface area contributed by atoms with Gasteiger partial charge in [-0.25, -0.2) is 4.79 Å². The SMILES string of the molecule is Cc1cc(=O)oc2cc(OCCN3CCC(C(C)O)CC3)ccc12. The van der Waals surface area contributed by atoms with Crippen molar-refractivity contribution in [1.29, 1.82) is 0 Å². The van der Waals surface area contributed by atoms with Gasteiger partial charge in [-0.3, -0.25) is 4.90 Å². The Morgan fingerprint density at radius 2 is 2.08 bits per heavy atom. The number of aryl methyl sites for hydroxylation is 1. The molecule has 0 aliphatic carbocycles. The van der Waals surface area contributed by atoms with Crippen LogP contribution in [-0.4, -0.2) is 42.4 Å². The Kier molecular flexibility index (Phi) is 5.21. The number of nitrogens with zero attached hydrogens (tertiary/aromatic N) is 1. The Morgan fingerprint density at radius 1 is 1.33 bits per heavy atom. The zero-order valence-electron chi connectivity index (χ0n) is 14.3. The molecular weight excluding hydrogens is 306 g/mol. The largest absolute Gasteiger partial charge is 0.492 e. The van der Waals surface area contributed by atoms with E-state index in [0.717, 1.165) is 49.2 Å². The third-order valence-electron chi connectivity index (χ3n) is 4.91. The van der Waals surface area contributed by atoms with Gasteiger partial charge in [-0.1, -0.05) is 0 Å². The van der Waals surface area contributed by atoms with E-state index < -0.39 is 0 Å². The molecule has 0 amide bonds. The quantitative estimate of drug-likeness (QED) is 0.853. The van der Waals surface area contributed by atoms with Crippen LogP contribution in [0.1, 0.15) is 25.3 Å². The zero-order chi connectivity index (χ0) is 17.1. The summed E-state index contributed by atoms with van der Waals surface area (Å²) in [7, 11) is 0. The van der Waals surface area contributed by atoms with Crippen LogP contribution in [0.2, 0.25) is 0 Å². The average molecular weight is 331 g/mol. The van der Waals surface area contributed by atoms with E-state index in [2.05, 4.69) is 4.90 Å². The van der Waals surface area contributed by atoms with Crippen LogP contribution in [0.4, 0.5) is 0 Å². The monoisotopic (exact) mass is 331 g/mol. The molecule has 1 aromatic carbocycles. The van der Waals surface area contributed by atoms with E-state index in [9.17, 15) is 9.90 Å². The minimum Gasteiger partial charge on any atom is -0.492 e. The van der Waals surface area contributed by atoms with Crippen LogP contribution in [0.5, 0.6) is 5.75 Å². The van der Waals surface area contributed by atoms with Crippen molar-refractivity contribution in [3.05, 3.63) is 40.2 Å². The number of fused-ring (bicyclic) bond motifs is 1. The van der Waals surface area contributed by atoms with Crippen LogP contribution in [0.25, 0.3) is 11.0 Å². The summed E-state index contributed by atoms with van der Waals surface area (Å²) in [6.45, 7) is 7.25. The van der Waals surface area contributed by atoms with E-state index in [1.165, 1.54) is 6.07 Å². The second-order valence-electron chi connectivity index (χ2n) is 6.67. The number of ether oxygens (including phenoxy) is 1. The highest BCUT2D eigenvalue weighted by atomic mass is 16.5. The number of hydrogen-bond acceptors (Lipinski definition) is 5. The van der Waals surface area contributed by atoms with Gasteiger partial charge in [0.25, 0.3) is 0 Å². The van der Waals surface area contributed by atoms with Crippen molar-refractivity contribution in [3.63, 3.8) is 0 Å². The number of benzene rings is 1. The van der Waals surface area contributed by atoms with E-state index in [1.54, 1.807) is 6.07 Å². The number of aliphatic hydroxyl groups is 1. The molecule has 130 valence electrons. The molecule has 1 aliphatic rings. The summed E-state index contributed by atoms with van der Waals surface area (Å²) in [5.74, 6) is 1.14. The lowest BCUT2D eigenvalue weighted by Crippen LogP contribution is -2.39. The van der Waals surface area contributed by atoms with Crippen LogP contribution >= 0.6 is 0 Å². The van der Waals surface area contributed by atoms with Gasteiger partial charge < -0.3 is 14.3 Å². The van der Waals surface area contributed by atoms with E-state index in [0.29, 0.717) is 18.1 Å². The summed E-state index contributed by atoms with van der Waals surface area (Å²) in [6.07, 6.45) is 1.87. The highest BCUT2D eigenvalue weighted by Crippen LogP contribution is 2.23. The molecule has 3 rings (SSSR count). The summed E-state index contributed by atoms with van der Waals surface area (Å²) >= 11 is 0. The Bertz CT molecular complexity index is 745. The molecule has 1 N–H and O–H groups in total. The smallest absolute Gasteiger partial charge is 0.336 e. The molecule has 24 heavy (non-hydrogen) atoms. The Balaban J connectivity index is 1.54. The first kappa shape index (κ1) is 17.0. The van der Waals surface area contributed by atoms with Gasteiger partial charge in [0.15, 0.2) is 0 Å². The van der Waals surface area contributed by atoms with E-state index in [4.69, 9.17) is 9.15 Å². The molecule has 0 saturated carbocycles. The topological polar surface area (TPSA) is 62.9 Å². The Morgan fingerprint density at radius 3 is 2.79 bits per heavy atom. The van der Waals surface area contributed by atoms with Crippen LogP contribution in [-0.2, 0) is 0 Å². The molecule has 1 atom stereocenters. The maximum Gasteiger partial charge on any atom is 0.336 e. The van der Waals surface area contributed by atoms with Gasteiger partial charge in [0.1, 0.15) is 17.9 Å². The van der Waals surface area contributed by atoms with Gasteiger partial charge in [0.2, 0.25) is 0 Å². The van der Waals surface area contributed by atoms with Gasteiger partial charge >= 0.3 is 5.63 Å². The summed E-state index contributed by atoms with van der Waals surface area (Å²) in [5.41, 5.74) is 1.14. The molecule has 2 heterocycles. The molecule has 0 bridgehead atoms. The van der Waals surface area contributed by atoms with Crippen LogP contribution in [0.3, 0.4) is 0 Å². The third-order valence-corrected chi connectivity index (χ3v) is 4.91. The maximum atomic E-state index is 11.5. The predicted octanol–water partition coefficient (Wildman–Crippen LogP) is 2.57. The number of aliphatic hydroxyl groups excluding tert-OH is 1. The fourth-order valence-electron chi connectivity index (χ4n) is 3.35. The number of piperidine rings is 1. The third kappa shape index (κ3) is 3.97.